The SMILES string of the molecule is Cc1cc(=O)c(C(=O)NCCO[C@H]2CCCC[C@@H]2C)nn1-c1ccccc1. The summed E-state index contributed by atoms with van der Waals surface area (Å²) in [5, 5.41) is 7.03. The first kappa shape index (κ1) is 19.3. The summed E-state index contributed by atoms with van der Waals surface area (Å²) in [6.45, 7) is 4.81. The van der Waals surface area contributed by atoms with Crippen molar-refractivity contribution in [3.05, 3.63) is 58.0 Å². The van der Waals surface area contributed by atoms with Gasteiger partial charge in [0.15, 0.2) is 5.69 Å². The van der Waals surface area contributed by atoms with Crippen LogP contribution in [0.1, 0.15) is 48.8 Å². The Labute approximate surface area is 159 Å². The minimum Gasteiger partial charge on any atom is -0.376 e. The van der Waals surface area contributed by atoms with Gasteiger partial charge in [-0.3, -0.25) is 9.59 Å². The molecule has 1 aromatic heterocycles. The zero-order valence-electron chi connectivity index (χ0n) is 16.0. The van der Waals surface area contributed by atoms with E-state index in [0.29, 0.717) is 24.8 Å². The molecule has 0 aliphatic heterocycles. The molecule has 1 aliphatic carbocycles. The summed E-state index contributed by atoms with van der Waals surface area (Å²) in [6, 6.07) is 10.9. The molecule has 144 valence electrons. The second-order valence-electron chi connectivity index (χ2n) is 7.17. The third-order valence-corrected chi connectivity index (χ3v) is 5.08. The van der Waals surface area contributed by atoms with E-state index in [-0.39, 0.29) is 17.2 Å². The lowest BCUT2D eigenvalue weighted by Crippen LogP contribution is -2.35. The Kier molecular flexibility index (Phi) is 6.40. The van der Waals surface area contributed by atoms with Gasteiger partial charge in [-0.05, 0) is 37.8 Å². The van der Waals surface area contributed by atoms with E-state index in [1.165, 1.54) is 25.3 Å². The van der Waals surface area contributed by atoms with Gasteiger partial charge in [0.05, 0.1) is 18.4 Å². The topological polar surface area (TPSA) is 73.2 Å². The number of ether oxygens (including phenoxy) is 1. The molecule has 0 unspecified atom stereocenters. The number of carbonyl (C=O) groups is 1. The first-order valence-corrected chi connectivity index (χ1v) is 9.62. The van der Waals surface area contributed by atoms with E-state index in [1.54, 1.807) is 11.6 Å². The van der Waals surface area contributed by atoms with E-state index < -0.39 is 5.91 Å². The smallest absolute Gasteiger partial charge is 0.275 e. The van der Waals surface area contributed by atoms with Crippen LogP contribution in [0.4, 0.5) is 0 Å². The number of carbonyl (C=O) groups excluding carboxylic acids is 1. The molecule has 0 spiro atoms. The van der Waals surface area contributed by atoms with Crippen LogP contribution >= 0.6 is 0 Å². The molecule has 0 saturated heterocycles. The van der Waals surface area contributed by atoms with Crippen LogP contribution in [-0.4, -0.2) is 34.9 Å². The molecule has 1 amide bonds. The van der Waals surface area contributed by atoms with Gasteiger partial charge in [-0.2, -0.15) is 5.10 Å². The number of nitrogens with zero attached hydrogens (tertiary/aromatic N) is 2. The number of amides is 1. The van der Waals surface area contributed by atoms with Crippen molar-refractivity contribution in [1.82, 2.24) is 15.1 Å². The molecule has 6 heteroatoms. The molecule has 1 aromatic carbocycles. The van der Waals surface area contributed by atoms with E-state index in [2.05, 4.69) is 17.3 Å². The lowest BCUT2D eigenvalue weighted by atomic mass is 9.88. The first-order valence-electron chi connectivity index (χ1n) is 9.62. The number of hydrogen-bond donors (Lipinski definition) is 1. The average molecular weight is 369 g/mol. The maximum Gasteiger partial charge on any atom is 0.275 e. The standard InChI is InChI=1S/C21H27N3O3/c1-15-8-6-7-11-19(15)27-13-12-22-21(26)20-18(25)14-16(2)24(23-20)17-9-4-3-5-10-17/h3-5,9-10,14-15,19H,6-8,11-13H2,1-2H3,(H,22,26)/t15-,19-/m0/s1. The molecule has 1 saturated carbocycles. The second kappa shape index (κ2) is 8.95. The average Bonchev–Trinajstić information content (AvgIpc) is 2.67. The summed E-state index contributed by atoms with van der Waals surface area (Å²) >= 11 is 0. The fourth-order valence-electron chi connectivity index (χ4n) is 3.52. The van der Waals surface area contributed by atoms with Crippen molar-refractivity contribution in [3.63, 3.8) is 0 Å². The van der Waals surface area contributed by atoms with Crippen LogP contribution in [0.25, 0.3) is 5.69 Å². The van der Waals surface area contributed by atoms with Crippen molar-refractivity contribution in [2.24, 2.45) is 5.92 Å². The molecule has 0 radical (unpaired) electrons. The number of aryl methyl sites for hydroxylation is 1. The monoisotopic (exact) mass is 369 g/mol. The van der Waals surface area contributed by atoms with Crippen molar-refractivity contribution < 1.29 is 9.53 Å². The second-order valence-corrected chi connectivity index (χ2v) is 7.17. The number of hydrogen-bond acceptors (Lipinski definition) is 4. The molecule has 2 atom stereocenters. The number of benzene rings is 1. The molecular formula is C21H27N3O3. The molecule has 1 aliphatic rings. The molecule has 3 rings (SSSR count). The quantitative estimate of drug-likeness (QED) is 0.795. The Bertz CT molecular complexity index is 832. The van der Waals surface area contributed by atoms with Gasteiger partial charge < -0.3 is 10.1 Å². The summed E-state index contributed by atoms with van der Waals surface area (Å²) < 4.78 is 7.51. The predicted octanol–water partition coefficient (Wildman–Crippen LogP) is 2.87. The highest BCUT2D eigenvalue weighted by atomic mass is 16.5. The predicted molar refractivity (Wildman–Crippen MR) is 104 cm³/mol. The van der Waals surface area contributed by atoms with Crippen molar-refractivity contribution >= 4 is 5.91 Å². The van der Waals surface area contributed by atoms with Crippen LogP contribution < -0.4 is 10.7 Å². The Morgan fingerprint density at radius 2 is 2.00 bits per heavy atom. The number of nitrogens with one attached hydrogen (secondary N) is 1. The van der Waals surface area contributed by atoms with Gasteiger partial charge in [-0.15, -0.1) is 0 Å². The first-order chi connectivity index (χ1) is 13.1. The third kappa shape index (κ3) is 4.83. The highest BCUT2D eigenvalue weighted by Crippen LogP contribution is 2.25. The number of rotatable bonds is 6. The van der Waals surface area contributed by atoms with Gasteiger partial charge in [0, 0.05) is 18.3 Å². The Hall–Kier alpha value is -2.47. The summed E-state index contributed by atoms with van der Waals surface area (Å²) in [6.07, 6.45) is 5.02. The maximum absolute atomic E-state index is 12.4. The van der Waals surface area contributed by atoms with Crippen molar-refractivity contribution in [3.8, 4) is 5.69 Å². The Morgan fingerprint density at radius 3 is 2.74 bits per heavy atom. The number of para-hydroxylation sites is 1. The van der Waals surface area contributed by atoms with Crippen LogP contribution in [-0.2, 0) is 4.74 Å². The third-order valence-electron chi connectivity index (χ3n) is 5.08. The normalized spacial score (nSPS) is 19.6. The number of aromatic nitrogens is 2. The van der Waals surface area contributed by atoms with Crippen molar-refractivity contribution in [1.29, 1.82) is 0 Å². The zero-order valence-corrected chi connectivity index (χ0v) is 16.0. The Balaban J connectivity index is 1.62. The molecule has 0 bridgehead atoms. The van der Waals surface area contributed by atoms with Crippen LogP contribution in [0, 0.1) is 12.8 Å². The zero-order chi connectivity index (χ0) is 19.2. The molecular weight excluding hydrogens is 342 g/mol. The molecule has 2 aromatic rings. The molecule has 27 heavy (non-hydrogen) atoms. The van der Waals surface area contributed by atoms with Gasteiger partial charge in [-0.25, -0.2) is 4.68 Å². The van der Waals surface area contributed by atoms with E-state index >= 15 is 0 Å². The van der Waals surface area contributed by atoms with Crippen LogP contribution in [0.2, 0.25) is 0 Å². The largest absolute Gasteiger partial charge is 0.376 e. The van der Waals surface area contributed by atoms with E-state index in [1.807, 2.05) is 30.3 Å². The maximum atomic E-state index is 12.4. The Morgan fingerprint density at radius 1 is 1.26 bits per heavy atom. The highest BCUT2D eigenvalue weighted by Gasteiger charge is 2.21. The van der Waals surface area contributed by atoms with Crippen LogP contribution in [0.5, 0.6) is 0 Å². The fraction of sp³-hybridized carbons (Fsp3) is 0.476. The minimum atomic E-state index is -0.468. The summed E-state index contributed by atoms with van der Waals surface area (Å²) in [4.78, 5) is 24.7. The molecule has 1 heterocycles. The van der Waals surface area contributed by atoms with E-state index in [4.69, 9.17) is 4.74 Å². The van der Waals surface area contributed by atoms with Crippen LogP contribution in [0.15, 0.2) is 41.2 Å². The van der Waals surface area contributed by atoms with E-state index in [0.717, 1.165) is 12.1 Å². The van der Waals surface area contributed by atoms with Crippen molar-refractivity contribution in [2.45, 2.75) is 45.6 Å². The van der Waals surface area contributed by atoms with Gasteiger partial charge >= 0.3 is 0 Å². The van der Waals surface area contributed by atoms with Gasteiger partial charge in [0.2, 0.25) is 5.43 Å². The van der Waals surface area contributed by atoms with Gasteiger partial charge in [-0.1, -0.05) is 38.0 Å². The lowest BCUT2D eigenvalue weighted by Gasteiger charge is -2.28. The van der Waals surface area contributed by atoms with Crippen molar-refractivity contribution in [2.75, 3.05) is 13.2 Å². The molecule has 1 fully saturated rings. The summed E-state index contributed by atoms with van der Waals surface area (Å²) in [7, 11) is 0. The summed E-state index contributed by atoms with van der Waals surface area (Å²) in [5.41, 5.74) is 1.01. The van der Waals surface area contributed by atoms with Gasteiger partial charge in [0.1, 0.15) is 0 Å². The van der Waals surface area contributed by atoms with Gasteiger partial charge in [0.25, 0.3) is 5.91 Å². The molecule has 6 nitrogen and oxygen atoms in total. The lowest BCUT2D eigenvalue weighted by molar-refractivity contribution is -0.00295. The van der Waals surface area contributed by atoms with Crippen LogP contribution in [0.3, 0.4) is 0 Å². The summed E-state index contributed by atoms with van der Waals surface area (Å²) in [5.74, 6) is 0.0938. The highest BCUT2D eigenvalue weighted by molar-refractivity contribution is 5.92. The fourth-order valence-corrected chi connectivity index (χ4v) is 3.52. The van der Waals surface area contributed by atoms with E-state index in [9.17, 15) is 9.59 Å². The minimum absolute atomic E-state index is 0.101. The molecule has 1 N–H and O–H groups in total.